The second kappa shape index (κ2) is 6.09. The lowest BCUT2D eigenvalue weighted by atomic mass is 10.1. The predicted octanol–water partition coefficient (Wildman–Crippen LogP) is 2.89. The van der Waals surface area contributed by atoms with E-state index in [0.29, 0.717) is 0 Å². The molecule has 0 aromatic heterocycles. The molecule has 0 N–H and O–H groups in total. The fraction of sp³-hybridized carbons (Fsp3) is 0.500. The number of thioether (sulfide) groups is 1. The van der Waals surface area contributed by atoms with E-state index in [-0.39, 0.29) is 0 Å². The Morgan fingerprint density at radius 2 is 1.94 bits per heavy atom. The molecule has 0 atom stereocenters. The summed E-state index contributed by atoms with van der Waals surface area (Å²) in [5.41, 5.74) is 2.07. The SMILES string of the molecule is CN1CCC(SCc2ccc(C#N)cc2)CC1. The highest BCUT2D eigenvalue weighted by Crippen LogP contribution is 2.26. The summed E-state index contributed by atoms with van der Waals surface area (Å²) in [4.78, 5) is 2.40. The first kappa shape index (κ1) is 12.5. The summed E-state index contributed by atoms with van der Waals surface area (Å²) in [6.07, 6.45) is 2.61. The Hall–Kier alpha value is -0.980. The molecular formula is C14H18N2S. The number of piperidine rings is 1. The van der Waals surface area contributed by atoms with Crippen molar-refractivity contribution in [2.75, 3.05) is 20.1 Å². The number of likely N-dealkylation sites (tertiary alicyclic amines) is 1. The van der Waals surface area contributed by atoms with Crippen molar-refractivity contribution in [1.82, 2.24) is 4.90 Å². The number of nitrogens with zero attached hydrogens (tertiary/aromatic N) is 2. The van der Waals surface area contributed by atoms with E-state index in [1.807, 2.05) is 12.1 Å². The molecule has 0 amide bonds. The Labute approximate surface area is 108 Å². The third kappa shape index (κ3) is 3.76. The van der Waals surface area contributed by atoms with Crippen molar-refractivity contribution in [3.63, 3.8) is 0 Å². The zero-order valence-corrected chi connectivity index (χ0v) is 11.0. The van der Waals surface area contributed by atoms with Gasteiger partial charge in [-0.05, 0) is 50.7 Å². The molecule has 0 unspecified atom stereocenters. The van der Waals surface area contributed by atoms with Gasteiger partial charge in [0.1, 0.15) is 0 Å². The van der Waals surface area contributed by atoms with Crippen LogP contribution in [0.3, 0.4) is 0 Å². The van der Waals surface area contributed by atoms with Crippen LogP contribution >= 0.6 is 11.8 Å². The zero-order valence-electron chi connectivity index (χ0n) is 10.2. The summed E-state index contributed by atoms with van der Waals surface area (Å²) >= 11 is 2.06. The molecule has 0 aliphatic carbocycles. The van der Waals surface area contributed by atoms with Crippen molar-refractivity contribution in [1.29, 1.82) is 5.26 Å². The second-order valence-corrected chi connectivity index (χ2v) is 5.91. The molecule has 2 rings (SSSR count). The van der Waals surface area contributed by atoms with Gasteiger partial charge < -0.3 is 4.90 Å². The molecule has 2 nitrogen and oxygen atoms in total. The minimum Gasteiger partial charge on any atom is -0.306 e. The molecule has 0 bridgehead atoms. The molecule has 1 saturated heterocycles. The first-order chi connectivity index (χ1) is 8.28. The first-order valence-corrected chi connectivity index (χ1v) is 7.12. The third-order valence-electron chi connectivity index (χ3n) is 3.23. The number of hydrogen-bond acceptors (Lipinski definition) is 3. The monoisotopic (exact) mass is 246 g/mol. The van der Waals surface area contributed by atoms with Gasteiger partial charge in [-0.15, -0.1) is 0 Å². The van der Waals surface area contributed by atoms with Crippen molar-refractivity contribution >= 4 is 11.8 Å². The summed E-state index contributed by atoms with van der Waals surface area (Å²) in [6, 6.07) is 10.1. The van der Waals surface area contributed by atoms with Crippen LogP contribution in [0.1, 0.15) is 24.0 Å². The maximum absolute atomic E-state index is 8.73. The highest BCUT2D eigenvalue weighted by atomic mass is 32.2. The van der Waals surface area contributed by atoms with Crippen LogP contribution in [0.15, 0.2) is 24.3 Å². The Morgan fingerprint density at radius 1 is 1.29 bits per heavy atom. The van der Waals surface area contributed by atoms with Crippen molar-refractivity contribution in [3.05, 3.63) is 35.4 Å². The lowest BCUT2D eigenvalue weighted by Gasteiger charge is -2.28. The predicted molar refractivity (Wildman–Crippen MR) is 73.0 cm³/mol. The van der Waals surface area contributed by atoms with Crippen molar-refractivity contribution in [2.45, 2.75) is 23.8 Å². The van der Waals surface area contributed by atoms with Crippen LogP contribution in [0.4, 0.5) is 0 Å². The van der Waals surface area contributed by atoms with Gasteiger partial charge in [-0.25, -0.2) is 0 Å². The van der Waals surface area contributed by atoms with Crippen LogP contribution in [-0.2, 0) is 5.75 Å². The molecule has 1 aromatic carbocycles. The molecule has 1 aliphatic rings. The van der Waals surface area contributed by atoms with Crippen LogP contribution in [0.2, 0.25) is 0 Å². The maximum Gasteiger partial charge on any atom is 0.0991 e. The smallest absolute Gasteiger partial charge is 0.0991 e. The average molecular weight is 246 g/mol. The molecule has 0 spiro atoms. The van der Waals surface area contributed by atoms with Gasteiger partial charge >= 0.3 is 0 Å². The molecule has 1 heterocycles. The Balaban J connectivity index is 1.79. The molecule has 17 heavy (non-hydrogen) atoms. The van der Waals surface area contributed by atoms with Gasteiger partial charge in [-0.2, -0.15) is 17.0 Å². The Bertz CT molecular complexity index is 386. The quantitative estimate of drug-likeness (QED) is 0.820. The van der Waals surface area contributed by atoms with Gasteiger partial charge in [0.2, 0.25) is 0 Å². The first-order valence-electron chi connectivity index (χ1n) is 6.07. The summed E-state index contributed by atoms with van der Waals surface area (Å²) in [7, 11) is 2.20. The second-order valence-electron chi connectivity index (χ2n) is 4.62. The number of rotatable bonds is 3. The van der Waals surface area contributed by atoms with Gasteiger partial charge in [0.25, 0.3) is 0 Å². The van der Waals surface area contributed by atoms with E-state index in [0.717, 1.165) is 16.6 Å². The van der Waals surface area contributed by atoms with E-state index in [4.69, 9.17) is 5.26 Å². The standard InChI is InChI=1S/C14H18N2S/c1-16-8-6-14(7-9-16)17-11-13-4-2-12(10-15)3-5-13/h2-5,14H,6-9,11H2,1H3. The van der Waals surface area contributed by atoms with Crippen LogP contribution in [0, 0.1) is 11.3 Å². The van der Waals surface area contributed by atoms with Crippen LogP contribution in [0.5, 0.6) is 0 Å². The molecule has 3 heteroatoms. The van der Waals surface area contributed by atoms with Gasteiger partial charge in [-0.1, -0.05) is 12.1 Å². The summed E-state index contributed by atoms with van der Waals surface area (Å²) in [5.74, 6) is 1.07. The molecular weight excluding hydrogens is 228 g/mol. The summed E-state index contributed by atoms with van der Waals surface area (Å²) in [6.45, 7) is 2.45. The van der Waals surface area contributed by atoms with E-state index in [1.54, 1.807) is 0 Å². The topological polar surface area (TPSA) is 27.0 Å². The minimum absolute atomic E-state index is 0.748. The zero-order chi connectivity index (χ0) is 12.1. The van der Waals surface area contributed by atoms with Crippen LogP contribution in [0.25, 0.3) is 0 Å². The minimum atomic E-state index is 0.748. The normalized spacial score (nSPS) is 17.9. The van der Waals surface area contributed by atoms with E-state index in [2.05, 4.69) is 41.9 Å². The van der Waals surface area contributed by atoms with Gasteiger partial charge in [0.05, 0.1) is 11.6 Å². The van der Waals surface area contributed by atoms with Crippen LogP contribution < -0.4 is 0 Å². The fourth-order valence-electron chi connectivity index (χ4n) is 2.04. The van der Waals surface area contributed by atoms with E-state index in [9.17, 15) is 0 Å². The van der Waals surface area contributed by atoms with E-state index >= 15 is 0 Å². The number of nitriles is 1. The van der Waals surface area contributed by atoms with Crippen molar-refractivity contribution < 1.29 is 0 Å². The van der Waals surface area contributed by atoms with Gasteiger partial charge in [-0.3, -0.25) is 0 Å². The number of benzene rings is 1. The molecule has 0 saturated carbocycles. The van der Waals surface area contributed by atoms with Gasteiger partial charge in [0.15, 0.2) is 0 Å². The highest BCUT2D eigenvalue weighted by molar-refractivity contribution is 7.99. The third-order valence-corrected chi connectivity index (χ3v) is 4.68. The van der Waals surface area contributed by atoms with Crippen molar-refractivity contribution in [3.8, 4) is 6.07 Å². The van der Waals surface area contributed by atoms with Crippen molar-refractivity contribution in [2.24, 2.45) is 0 Å². The van der Waals surface area contributed by atoms with E-state index in [1.165, 1.54) is 31.5 Å². The summed E-state index contributed by atoms with van der Waals surface area (Å²) in [5, 5.41) is 9.53. The Morgan fingerprint density at radius 3 is 2.53 bits per heavy atom. The average Bonchev–Trinajstić information content (AvgIpc) is 2.39. The molecule has 1 aliphatic heterocycles. The van der Waals surface area contributed by atoms with E-state index < -0.39 is 0 Å². The largest absolute Gasteiger partial charge is 0.306 e. The molecule has 1 fully saturated rings. The maximum atomic E-state index is 8.73. The highest BCUT2D eigenvalue weighted by Gasteiger charge is 2.16. The van der Waals surface area contributed by atoms with Crippen LogP contribution in [-0.4, -0.2) is 30.3 Å². The van der Waals surface area contributed by atoms with Gasteiger partial charge in [0, 0.05) is 11.0 Å². The summed E-state index contributed by atoms with van der Waals surface area (Å²) < 4.78 is 0. The lowest BCUT2D eigenvalue weighted by molar-refractivity contribution is 0.282. The lowest BCUT2D eigenvalue weighted by Crippen LogP contribution is -2.31. The number of hydrogen-bond donors (Lipinski definition) is 0. The molecule has 0 radical (unpaired) electrons. The molecule has 1 aromatic rings. The fourth-order valence-corrected chi connectivity index (χ4v) is 3.21. The Kier molecular flexibility index (Phi) is 4.47. The molecule has 90 valence electrons.